The smallest absolute Gasteiger partial charge is 0.272 e. The van der Waals surface area contributed by atoms with Crippen molar-refractivity contribution in [3.05, 3.63) is 30.0 Å². The van der Waals surface area contributed by atoms with Gasteiger partial charge >= 0.3 is 0 Å². The molecular weight excluding hydrogens is 300 g/mol. The number of H-pyrrole nitrogens is 1. The third-order valence-corrected chi connectivity index (χ3v) is 5.07. The van der Waals surface area contributed by atoms with Crippen LogP contribution in [0.3, 0.4) is 0 Å². The molecule has 1 amide bonds. The number of unbranched alkanes of at least 4 members (excludes halogenated alkanes) is 1. The average Bonchev–Trinajstić information content (AvgIpc) is 3.05. The standard InChI is InChI=1S/C19H28N4O/c1-2-3-6-15-9-12-23(13-10-15)14-11-20-19(24)18-16-7-4-5-8-17(16)21-22-18/h4-5,7-8,15H,2-3,6,9-14H2,1H3,(H,20,24)(H,21,22). The molecule has 0 atom stereocenters. The summed E-state index contributed by atoms with van der Waals surface area (Å²) >= 11 is 0. The van der Waals surface area contributed by atoms with Gasteiger partial charge < -0.3 is 10.2 Å². The van der Waals surface area contributed by atoms with Gasteiger partial charge in [-0.25, -0.2) is 0 Å². The molecule has 24 heavy (non-hydrogen) atoms. The zero-order chi connectivity index (χ0) is 16.8. The van der Waals surface area contributed by atoms with Gasteiger partial charge in [-0.05, 0) is 37.9 Å². The van der Waals surface area contributed by atoms with Gasteiger partial charge in [-0.15, -0.1) is 0 Å². The summed E-state index contributed by atoms with van der Waals surface area (Å²) in [7, 11) is 0. The molecule has 3 rings (SSSR count). The number of amides is 1. The predicted molar refractivity (Wildman–Crippen MR) is 97.1 cm³/mol. The molecule has 5 nitrogen and oxygen atoms in total. The van der Waals surface area contributed by atoms with Gasteiger partial charge in [-0.3, -0.25) is 9.89 Å². The van der Waals surface area contributed by atoms with E-state index < -0.39 is 0 Å². The van der Waals surface area contributed by atoms with Crippen LogP contribution in [0.25, 0.3) is 10.9 Å². The lowest BCUT2D eigenvalue weighted by Crippen LogP contribution is -2.39. The Morgan fingerprint density at radius 3 is 2.92 bits per heavy atom. The van der Waals surface area contributed by atoms with Crippen LogP contribution in [0, 0.1) is 5.92 Å². The molecule has 1 aromatic heterocycles. The number of fused-ring (bicyclic) bond motifs is 1. The molecule has 5 heteroatoms. The van der Waals surface area contributed by atoms with Crippen molar-refractivity contribution in [1.29, 1.82) is 0 Å². The number of piperidine rings is 1. The minimum atomic E-state index is -0.0923. The molecule has 2 aromatic rings. The summed E-state index contributed by atoms with van der Waals surface area (Å²) < 4.78 is 0. The highest BCUT2D eigenvalue weighted by atomic mass is 16.1. The number of carbonyl (C=O) groups is 1. The summed E-state index contributed by atoms with van der Waals surface area (Å²) in [6.45, 7) is 6.19. The van der Waals surface area contributed by atoms with E-state index in [1.54, 1.807) is 0 Å². The number of aromatic nitrogens is 2. The first-order valence-electron chi connectivity index (χ1n) is 9.21. The fraction of sp³-hybridized carbons (Fsp3) is 0.579. The van der Waals surface area contributed by atoms with E-state index >= 15 is 0 Å². The molecule has 2 N–H and O–H groups in total. The van der Waals surface area contributed by atoms with Gasteiger partial charge in [0.2, 0.25) is 0 Å². The summed E-state index contributed by atoms with van der Waals surface area (Å²) in [6.07, 6.45) is 6.65. The van der Waals surface area contributed by atoms with Gasteiger partial charge in [-0.1, -0.05) is 44.4 Å². The molecular formula is C19H28N4O. The van der Waals surface area contributed by atoms with Crippen molar-refractivity contribution < 1.29 is 4.79 Å². The molecule has 130 valence electrons. The van der Waals surface area contributed by atoms with Crippen LogP contribution in [0.1, 0.15) is 49.5 Å². The van der Waals surface area contributed by atoms with E-state index in [9.17, 15) is 4.79 Å². The van der Waals surface area contributed by atoms with E-state index in [1.807, 2.05) is 24.3 Å². The number of hydrogen-bond donors (Lipinski definition) is 2. The SMILES string of the molecule is CCCCC1CCN(CCNC(=O)c2n[nH]c3ccccc23)CC1. The van der Waals surface area contributed by atoms with Crippen molar-refractivity contribution in [2.75, 3.05) is 26.2 Å². The largest absolute Gasteiger partial charge is 0.349 e. The van der Waals surface area contributed by atoms with Crippen LogP contribution in [-0.2, 0) is 0 Å². The number of nitrogens with zero attached hydrogens (tertiary/aromatic N) is 2. The minimum Gasteiger partial charge on any atom is -0.349 e. The maximum Gasteiger partial charge on any atom is 0.272 e. The molecule has 1 aliphatic heterocycles. The van der Waals surface area contributed by atoms with Crippen molar-refractivity contribution in [3.63, 3.8) is 0 Å². The van der Waals surface area contributed by atoms with E-state index in [-0.39, 0.29) is 5.91 Å². The zero-order valence-electron chi connectivity index (χ0n) is 14.6. The maximum atomic E-state index is 12.3. The molecule has 1 fully saturated rings. The number of rotatable bonds is 7. The second-order valence-corrected chi connectivity index (χ2v) is 6.80. The van der Waals surface area contributed by atoms with E-state index in [0.717, 1.165) is 36.5 Å². The van der Waals surface area contributed by atoms with Crippen LogP contribution in [0.5, 0.6) is 0 Å². The topological polar surface area (TPSA) is 61.0 Å². The second-order valence-electron chi connectivity index (χ2n) is 6.80. The van der Waals surface area contributed by atoms with Gasteiger partial charge in [0.1, 0.15) is 0 Å². The van der Waals surface area contributed by atoms with Crippen molar-refractivity contribution >= 4 is 16.8 Å². The summed E-state index contributed by atoms with van der Waals surface area (Å²) in [6, 6.07) is 7.72. The van der Waals surface area contributed by atoms with E-state index in [4.69, 9.17) is 0 Å². The number of carbonyl (C=O) groups excluding carboxylic acids is 1. The van der Waals surface area contributed by atoms with Crippen molar-refractivity contribution in [2.45, 2.75) is 39.0 Å². The lowest BCUT2D eigenvalue weighted by molar-refractivity contribution is 0.0940. The number of aromatic amines is 1. The van der Waals surface area contributed by atoms with Crippen molar-refractivity contribution in [3.8, 4) is 0 Å². The quantitative estimate of drug-likeness (QED) is 0.820. The third-order valence-electron chi connectivity index (χ3n) is 5.07. The Hall–Kier alpha value is -1.88. The van der Waals surface area contributed by atoms with E-state index in [1.165, 1.54) is 32.1 Å². The molecule has 1 saturated heterocycles. The van der Waals surface area contributed by atoms with E-state index in [0.29, 0.717) is 12.2 Å². The van der Waals surface area contributed by atoms with Gasteiger partial charge in [0.15, 0.2) is 5.69 Å². The highest BCUT2D eigenvalue weighted by Gasteiger charge is 2.19. The molecule has 0 bridgehead atoms. The van der Waals surface area contributed by atoms with Crippen LogP contribution < -0.4 is 5.32 Å². The Labute approximate surface area is 143 Å². The van der Waals surface area contributed by atoms with Crippen molar-refractivity contribution in [2.24, 2.45) is 5.92 Å². The van der Waals surface area contributed by atoms with Gasteiger partial charge in [0.25, 0.3) is 5.91 Å². The molecule has 0 saturated carbocycles. The summed E-state index contributed by atoms with van der Waals surface area (Å²) in [4.78, 5) is 14.8. The summed E-state index contributed by atoms with van der Waals surface area (Å²) in [5, 5.41) is 10.9. The second kappa shape index (κ2) is 8.29. The van der Waals surface area contributed by atoms with Crippen LogP contribution in [0.2, 0.25) is 0 Å². The maximum absolute atomic E-state index is 12.3. The molecule has 2 heterocycles. The van der Waals surface area contributed by atoms with Crippen LogP contribution >= 0.6 is 0 Å². The van der Waals surface area contributed by atoms with Crippen LogP contribution in [-0.4, -0.2) is 47.2 Å². The molecule has 0 spiro atoms. The fourth-order valence-corrected chi connectivity index (χ4v) is 3.54. The highest BCUT2D eigenvalue weighted by Crippen LogP contribution is 2.22. The molecule has 1 aliphatic rings. The van der Waals surface area contributed by atoms with Gasteiger partial charge in [0.05, 0.1) is 5.52 Å². The first-order valence-corrected chi connectivity index (χ1v) is 9.21. The minimum absolute atomic E-state index is 0.0923. The monoisotopic (exact) mass is 328 g/mol. The number of nitrogens with one attached hydrogen (secondary N) is 2. The van der Waals surface area contributed by atoms with Crippen LogP contribution in [0.15, 0.2) is 24.3 Å². The zero-order valence-corrected chi connectivity index (χ0v) is 14.6. The number of benzene rings is 1. The molecule has 1 aromatic carbocycles. The predicted octanol–water partition coefficient (Wildman–Crippen LogP) is 3.19. The number of hydrogen-bond acceptors (Lipinski definition) is 3. The fourth-order valence-electron chi connectivity index (χ4n) is 3.54. The Morgan fingerprint density at radius 2 is 2.12 bits per heavy atom. The first kappa shape index (κ1) is 17.0. The van der Waals surface area contributed by atoms with Crippen molar-refractivity contribution in [1.82, 2.24) is 20.4 Å². The molecule has 0 aliphatic carbocycles. The Balaban J connectivity index is 1.41. The number of para-hydroxylation sites is 1. The summed E-state index contributed by atoms with van der Waals surface area (Å²) in [5.41, 5.74) is 1.39. The number of likely N-dealkylation sites (tertiary alicyclic amines) is 1. The van der Waals surface area contributed by atoms with E-state index in [2.05, 4.69) is 27.3 Å². The molecule has 0 unspecified atom stereocenters. The lowest BCUT2D eigenvalue weighted by Gasteiger charge is -2.31. The highest BCUT2D eigenvalue weighted by molar-refractivity contribution is 6.04. The lowest BCUT2D eigenvalue weighted by atomic mass is 9.92. The Kier molecular flexibility index (Phi) is 5.86. The Bertz CT molecular complexity index is 658. The summed E-state index contributed by atoms with van der Waals surface area (Å²) in [5.74, 6) is 0.816. The first-order chi connectivity index (χ1) is 11.8. The van der Waals surface area contributed by atoms with Gasteiger partial charge in [-0.2, -0.15) is 5.10 Å². The average molecular weight is 328 g/mol. The van der Waals surface area contributed by atoms with Crippen LogP contribution in [0.4, 0.5) is 0 Å². The third kappa shape index (κ3) is 4.15. The Morgan fingerprint density at radius 1 is 1.33 bits per heavy atom. The normalized spacial score (nSPS) is 16.5. The van der Waals surface area contributed by atoms with Gasteiger partial charge in [0, 0.05) is 18.5 Å². The molecule has 0 radical (unpaired) electrons.